The van der Waals surface area contributed by atoms with Crippen molar-refractivity contribution in [2.24, 2.45) is 5.73 Å². The molecule has 0 saturated heterocycles. The molecule has 0 aromatic heterocycles. The molecule has 1 aliphatic carbocycles. The number of ether oxygens (including phenoxy) is 1. The molecule has 0 bridgehead atoms. The number of fused-ring (bicyclic) bond motifs is 3. The highest BCUT2D eigenvalue weighted by molar-refractivity contribution is 6.22. The number of hydrogen-bond acceptors (Lipinski definition) is 6. The average molecular weight is 453 g/mol. The van der Waals surface area contributed by atoms with Crippen LogP contribution < -0.4 is 11.1 Å². The highest BCUT2D eigenvalue weighted by atomic mass is 16.5. The van der Waals surface area contributed by atoms with Crippen molar-refractivity contribution in [3.05, 3.63) is 59.2 Å². The number of primary amides is 1. The van der Waals surface area contributed by atoms with Crippen molar-refractivity contribution in [3.8, 4) is 11.1 Å². The number of hydrogen-bond donors (Lipinski definition) is 3. The van der Waals surface area contributed by atoms with Gasteiger partial charge in [-0.3, -0.25) is 14.4 Å². The molecule has 0 fully saturated rings. The zero-order chi connectivity index (χ0) is 23.8. The Balaban J connectivity index is 1.66. The Hall–Kier alpha value is -3.52. The Labute approximate surface area is 192 Å². The molecule has 2 aromatic rings. The van der Waals surface area contributed by atoms with Crippen molar-refractivity contribution in [2.75, 3.05) is 13.2 Å². The summed E-state index contributed by atoms with van der Waals surface area (Å²) >= 11 is 0. The normalized spacial score (nSPS) is 12.6. The van der Waals surface area contributed by atoms with Crippen LogP contribution in [0.25, 0.3) is 11.1 Å². The summed E-state index contributed by atoms with van der Waals surface area (Å²) in [5.41, 5.74) is 8.05. The Morgan fingerprint density at radius 2 is 1.64 bits per heavy atom. The van der Waals surface area contributed by atoms with Gasteiger partial charge in [0.15, 0.2) is 5.78 Å². The molecule has 0 unspecified atom stereocenters. The minimum atomic E-state index is -1.04. The monoisotopic (exact) mass is 452 g/mol. The van der Waals surface area contributed by atoms with E-state index in [1.165, 1.54) is 6.07 Å². The number of esters is 1. The maximum absolute atomic E-state index is 12.9. The molecule has 0 saturated carbocycles. The van der Waals surface area contributed by atoms with Crippen LogP contribution in [0.2, 0.25) is 0 Å². The van der Waals surface area contributed by atoms with E-state index in [-0.39, 0.29) is 37.4 Å². The molecule has 8 heteroatoms. The first-order valence-electron chi connectivity index (χ1n) is 11.1. The minimum Gasteiger partial charge on any atom is -0.464 e. The van der Waals surface area contributed by atoms with Crippen LogP contribution in [-0.2, 0) is 14.3 Å². The van der Waals surface area contributed by atoms with E-state index in [0.29, 0.717) is 24.0 Å². The lowest BCUT2D eigenvalue weighted by Gasteiger charge is -2.17. The van der Waals surface area contributed by atoms with Gasteiger partial charge in [0.25, 0.3) is 5.91 Å². The van der Waals surface area contributed by atoms with E-state index < -0.39 is 23.8 Å². The second kappa shape index (κ2) is 11.4. The van der Waals surface area contributed by atoms with Crippen LogP contribution in [0.15, 0.2) is 42.5 Å². The summed E-state index contributed by atoms with van der Waals surface area (Å²) in [5, 5.41) is 11.4. The van der Waals surface area contributed by atoms with Crippen LogP contribution in [0, 0.1) is 0 Å². The fourth-order valence-corrected chi connectivity index (χ4v) is 3.79. The number of nitrogens with one attached hydrogen (secondary N) is 1. The molecule has 0 aliphatic heterocycles. The maximum atomic E-state index is 12.9. The SMILES string of the molecule is NC(=O)CC[C@H](NC(=O)c1ccc2c(c1)C(=O)c1ccccc1-2)C(=O)OCCCCCCO. The van der Waals surface area contributed by atoms with Crippen molar-refractivity contribution >= 4 is 23.6 Å². The zero-order valence-corrected chi connectivity index (χ0v) is 18.3. The van der Waals surface area contributed by atoms with Crippen molar-refractivity contribution < 1.29 is 29.0 Å². The van der Waals surface area contributed by atoms with Crippen LogP contribution in [-0.4, -0.2) is 47.9 Å². The first kappa shape index (κ1) is 24.1. The Morgan fingerprint density at radius 1 is 0.939 bits per heavy atom. The fourth-order valence-electron chi connectivity index (χ4n) is 3.79. The van der Waals surface area contributed by atoms with Crippen molar-refractivity contribution in [1.82, 2.24) is 5.32 Å². The molecule has 33 heavy (non-hydrogen) atoms. The molecule has 0 spiro atoms. The molecule has 4 N–H and O–H groups in total. The number of aliphatic hydroxyl groups is 1. The second-order valence-corrected chi connectivity index (χ2v) is 7.97. The van der Waals surface area contributed by atoms with Crippen molar-refractivity contribution in [1.29, 1.82) is 0 Å². The largest absolute Gasteiger partial charge is 0.464 e. The van der Waals surface area contributed by atoms with Gasteiger partial charge in [-0.25, -0.2) is 4.79 Å². The number of unbranched alkanes of at least 4 members (excludes halogenated alkanes) is 3. The number of benzene rings is 2. The second-order valence-electron chi connectivity index (χ2n) is 7.97. The highest BCUT2D eigenvalue weighted by Crippen LogP contribution is 2.36. The molecule has 1 aliphatic rings. The number of amides is 2. The Bertz CT molecular complexity index is 1050. The lowest BCUT2D eigenvalue weighted by atomic mass is 10.0. The highest BCUT2D eigenvalue weighted by Gasteiger charge is 2.28. The molecule has 2 aromatic carbocycles. The zero-order valence-electron chi connectivity index (χ0n) is 18.3. The van der Waals surface area contributed by atoms with Gasteiger partial charge in [0, 0.05) is 29.7 Å². The predicted octanol–water partition coefficient (Wildman–Crippen LogP) is 2.36. The summed E-state index contributed by atoms with van der Waals surface area (Å²) in [5.74, 6) is -1.93. The molecule has 0 radical (unpaired) electrons. The third-order valence-corrected chi connectivity index (χ3v) is 5.55. The summed E-state index contributed by atoms with van der Waals surface area (Å²) in [7, 11) is 0. The van der Waals surface area contributed by atoms with Crippen LogP contribution in [0.5, 0.6) is 0 Å². The Kier molecular flexibility index (Phi) is 8.32. The summed E-state index contributed by atoms with van der Waals surface area (Å²) in [6.07, 6.45) is 2.89. The van der Waals surface area contributed by atoms with E-state index >= 15 is 0 Å². The third-order valence-electron chi connectivity index (χ3n) is 5.55. The topological polar surface area (TPSA) is 136 Å². The van der Waals surface area contributed by atoms with Gasteiger partial charge in [0.1, 0.15) is 6.04 Å². The molecule has 2 amide bonds. The summed E-state index contributed by atoms with van der Waals surface area (Å²) < 4.78 is 5.26. The number of aliphatic hydroxyl groups excluding tert-OH is 1. The third kappa shape index (κ3) is 6.04. The fraction of sp³-hybridized carbons (Fsp3) is 0.360. The van der Waals surface area contributed by atoms with Crippen LogP contribution in [0.3, 0.4) is 0 Å². The van der Waals surface area contributed by atoms with Crippen LogP contribution >= 0.6 is 0 Å². The molecule has 8 nitrogen and oxygen atoms in total. The van der Waals surface area contributed by atoms with Crippen molar-refractivity contribution in [3.63, 3.8) is 0 Å². The Morgan fingerprint density at radius 3 is 2.36 bits per heavy atom. The van der Waals surface area contributed by atoms with E-state index in [1.807, 2.05) is 12.1 Å². The number of ketones is 1. The van der Waals surface area contributed by atoms with E-state index in [1.54, 1.807) is 24.3 Å². The summed E-state index contributed by atoms with van der Waals surface area (Å²) in [6.45, 7) is 0.306. The smallest absolute Gasteiger partial charge is 0.328 e. The maximum Gasteiger partial charge on any atom is 0.328 e. The van der Waals surface area contributed by atoms with Gasteiger partial charge in [-0.2, -0.15) is 0 Å². The van der Waals surface area contributed by atoms with Crippen LogP contribution in [0.1, 0.15) is 64.8 Å². The number of nitrogens with two attached hydrogens (primary N) is 1. The lowest BCUT2D eigenvalue weighted by Crippen LogP contribution is -2.42. The van der Waals surface area contributed by atoms with Gasteiger partial charge in [-0.15, -0.1) is 0 Å². The molecule has 1 atom stereocenters. The minimum absolute atomic E-state index is 0.0136. The van der Waals surface area contributed by atoms with E-state index in [0.717, 1.165) is 24.0 Å². The van der Waals surface area contributed by atoms with Crippen LogP contribution in [0.4, 0.5) is 0 Å². The quantitative estimate of drug-likeness (QED) is 0.285. The van der Waals surface area contributed by atoms with E-state index in [2.05, 4.69) is 5.32 Å². The molecule has 3 rings (SSSR count). The van der Waals surface area contributed by atoms with Gasteiger partial charge in [-0.05, 0) is 48.9 Å². The van der Waals surface area contributed by atoms with Gasteiger partial charge >= 0.3 is 5.97 Å². The van der Waals surface area contributed by atoms with Gasteiger partial charge in [-0.1, -0.05) is 36.8 Å². The molecular formula is C25H28N2O6. The first-order chi connectivity index (χ1) is 15.9. The summed E-state index contributed by atoms with van der Waals surface area (Å²) in [6, 6.07) is 11.0. The molecular weight excluding hydrogens is 424 g/mol. The summed E-state index contributed by atoms with van der Waals surface area (Å²) in [4.78, 5) is 49.3. The standard InChI is InChI=1S/C25H28N2O6/c26-22(29)12-11-21(25(32)33-14-6-2-1-5-13-28)27-24(31)16-9-10-18-17-7-3-4-8-19(17)23(30)20(18)15-16/h3-4,7-10,15,21,28H,1-2,5-6,11-14H2,(H2,26,29)(H,27,31)/t21-/m0/s1. The van der Waals surface area contributed by atoms with Gasteiger partial charge in [0.2, 0.25) is 5.91 Å². The lowest BCUT2D eigenvalue weighted by molar-refractivity contribution is -0.146. The van der Waals surface area contributed by atoms with E-state index in [4.69, 9.17) is 15.6 Å². The van der Waals surface area contributed by atoms with E-state index in [9.17, 15) is 19.2 Å². The predicted molar refractivity (Wildman–Crippen MR) is 122 cm³/mol. The number of carbonyl (C=O) groups excluding carboxylic acids is 4. The number of carbonyl (C=O) groups is 4. The molecule has 0 heterocycles. The average Bonchev–Trinajstić information content (AvgIpc) is 3.10. The van der Waals surface area contributed by atoms with Crippen molar-refractivity contribution in [2.45, 2.75) is 44.6 Å². The van der Waals surface area contributed by atoms with Gasteiger partial charge in [0.05, 0.1) is 6.61 Å². The molecule has 174 valence electrons. The van der Waals surface area contributed by atoms with Gasteiger partial charge < -0.3 is 20.9 Å². The first-order valence-corrected chi connectivity index (χ1v) is 11.1. The number of rotatable bonds is 12.